The molecule has 7 nitrogen and oxygen atoms in total. The van der Waals surface area contributed by atoms with Gasteiger partial charge in [0.05, 0.1) is 18.7 Å². The number of carbonyl (C=O) groups excluding carboxylic acids is 2. The van der Waals surface area contributed by atoms with E-state index >= 15 is 0 Å². The summed E-state index contributed by atoms with van der Waals surface area (Å²) in [5.41, 5.74) is 6.63. The van der Waals surface area contributed by atoms with Gasteiger partial charge < -0.3 is 20.9 Å². The van der Waals surface area contributed by atoms with Gasteiger partial charge in [-0.25, -0.2) is 4.79 Å². The number of rotatable bonds is 3. The topological polar surface area (TPSA) is 102 Å². The smallest absolute Gasteiger partial charge is 0.315 e. The number of hydrogen-bond acceptors (Lipinski definition) is 4. The van der Waals surface area contributed by atoms with Gasteiger partial charge >= 0.3 is 6.03 Å². The molecule has 8 heteroatoms. The molecule has 0 spiro atoms. The summed E-state index contributed by atoms with van der Waals surface area (Å²) in [6.45, 7) is 3.59. The van der Waals surface area contributed by atoms with Crippen molar-refractivity contribution in [1.82, 2.24) is 15.1 Å². The lowest BCUT2D eigenvalue weighted by molar-refractivity contribution is -0.130. The van der Waals surface area contributed by atoms with Gasteiger partial charge in [0.15, 0.2) is 0 Å². The Labute approximate surface area is 148 Å². The van der Waals surface area contributed by atoms with Gasteiger partial charge in [-0.1, -0.05) is 6.08 Å². The third-order valence-electron chi connectivity index (χ3n) is 5.29. The predicted octanol–water partition coefficient (Wildman–Crippen LogP) is 0.610. The number of fused-ring (bicyclic) bond motifs is 1. The molecule has 3 aliphatic rings. The van der Waals surface area contributed by atoms with Crippen LogP contribution in [0.2, 0.25) is 0 Å². The minimum Gasteiger partial charge on any atom is -0.351 e. The Bertz CT molecular complexity index is 588. The Kier molecular flexibility index (Phi) is 5.73. The van der Waals surface area contributed by atoms with Crippen LogP contribution >= 0.6 is 12.4 Å². The van der Waals surface area contributed by atoms with Crippen LogP contribution in [0, 0.1) is 17.2 Å². The monoisotopic (exact) mass is 353 g/mol. The van der Waals surface area contributed by atoms with E-state index in [4.69, 9.17) is 11.0 Å². The van der Waals surface area contributed by atoms with E-state index < -0.39 is 0 Å². The minimum absolute atomic E-state index is 0. The van der Waals surface area contributed by atoms with Crippen LogP contribution in [0.15, 0.2) is 11.6 Å². The number of likely N-dealkylation sites (tertiary alicyclic amines) is 2. The molecule has 1 aliphatic carbocycles. The largest absolute Gasteiger partial charge is 0.351 e. The van der Waals surface area contributed by atoms with Crippen LogP contribution in [0.5, 0.6) is 0 Å². The third-order valence-corrected chi connectivity index (χ3v) is 5.29. The molecular formula is C16H24ClN5O2. The number of halogens is 1. The second-order valence-corrected chi connectivity index (χ2v) is 6.63. The van der Waals surface area contributed by atoms with Crippen molar-refractivity contribution in [2.45, 2.75) is 44.3 Å². The highest BCUT2D eigenvalue weighted by Crippen LogP contribution is 2.37. The summed E-state index contributed by atoms with van der Waals surface area (Å²) in [5, 5.41) is 12.3. The maximum absolute atomic E-state index is 12.2. The summed E-state index contributed by atoms with van der Waals surface area (Å²) >= 11 is 0. The molecule has 4 atom stereocenters. The molecule has 0 aromatic rings. The van der Waals surface area contributed by atoms with Gasteiger partial charge in [0, 0.05) is 25.0 Å². The van der Waals surface area contributed by atoms with E-state index in [0.717, 1.165) is 19.3 Å². The summed E-state index contributed by atoms with van der Waals surface area (Å²) in [6.07, 6.45) is 4.70. The first-order chi connectivity index (χ1) is 11.0. The number of nitrogens with zero attached hydrogens (tertiary/aromatic N) is 3. The van der Waals surface area contributed by atoms with E-state index in [0.29, 0.717) is 19.0 Å². The van der Waals surface area contributed by atoms with Gasteiger partial charge in [0.2, 0.25) is 5.91 Å². The number of nitriles is 1. The first-order valence-electron chi connectivity index (χ1n) is 8.21. The van der Waals surface area contributed by atoms with Crippen LogP contribution in [-0.2, 0) is 4.79 Å². The second kappa shape index (κ2) is 7.41. The lowest BCUT2D eigenvalue weighted by Gasteiger charge is -2.22. The summed E-state index contributed by atoms with van der Waals surface area (Å²) in [4.78, 5) is 27.0. The van der Waals surface area contributed by atoms with Crippen molar-refractivity contribution in [3.63, 3.8) is 0 Å². The Hall–Kier alpha value is -1.78. The molecule has 0 bridgehead atoms. The second-order valence-electron chi connectivity index (χ2n) is 6.63. The van der Waals surface area contributed by atoms with Crippen molar-refractivity contribution < 1.29 is 9.59 Å². The molecule has 0 aromatic carbocycles. The summed E-state index contributed by atoms with van der Waals surface area (Å²) in [6, 6.07) is 1.75. The maximum atomic E-state index is 12.2. The van der Waals surface area contributed by atoms with Crippen molar-refractivity contribution in [3.8, 4) is 6.07 Å². The molecule has 0 aromatic heterocycles. The van der Waals surface area contributed by atoms with Crippen molar-refractivity contribution in [2.24, 2.45) is 11.7 Å². The predicted molar refractivity (Wildman–Crippen MR) is 91.3 cm³/mol. The zero-order valence-corrected chi connectivity index (χ0v) is 14.6. The molecule has 3 rings (SSSR count). The maximum Gasteiger partial charge on any atom is 0.315 e. The van der Waals surface area contributed by atoms with Crippen LogP contribution in [0.25, 0.3) is 0 Å². The summed E-state index contributed by atoms with van der Waals surface area (Å²) in [5.74, 6) is 0.333. The number of carbonyl (C=O) groups is 2. The van der Waals surface area contributed by atoms with Gasteiger partial charge in [-0.15, -0.1) is 12.4 Å². The zero-order valence-electron chi connectivity index (χ0n) is 13.8. The standard InChI is InChI=1S/C16H23N5O2.ClH/c1-10-14-6-12(5-11(14)9-21(10)16(18)23)19-8-15(22)20-4-2-3-13(20)7-17;/h6,10-13,19H,2-5,8-9H2,1H3,(H2,18,23);1H. The fraction of sp³-hybridized carbons (Fsp3) is 0.688. The van der Waals surface area contributed by atoms with E-state index in [-0.39, 0.29) is 49.0 Å². The van der Waals surface area contributed by atoms with Crippen LogP contribution in [0.1, 0.15) is 26.2 Å². The van der Waals surface area contributed by atoms with Crippen LogP contribution in [-0.4, -0.2) is 59.5 Å². The number of amides is 3. The molecule has 0 radical (unpaired) electrons. The molecule has 2 heterocycles. The van der Waals surface area contributed by atoms with Crippen molar-refractivity contribution in [3.05, 3.63) is 11.6 Å². The molecule has 4 unspecified atom stereocenters. The lowest BCUT2D eigenvalue weighted by atomic mass is 10.0. The lowest BCUT2D eigenvalue weighted by Crippen LogP contribution is -2.43. The fourth-order valence-electron chi connectivity index (χ4n) is 4.06. The van der Waals surface area contributed by atoms with E-state index in [2.05, 4.69) is 17.5 Å². The van der Waals surface area contributed by atoms with Crippen molar-refractivity contribution >= 4 is 24.3 Å². The Morgan fingerprint density at radius 3 is 2.83 bits per heavy atom. The Balaban J connectivity index is 0.00000208. The van der Waals surface area contributed by atoms with Gasteiger partial charge in [-0.2, -0.15) is 5.26 Å². The molecule has 2 aliphatic heterocycles. The molecule has 24 heavy (non-hydrogen) atoms. The van der Waals surface area contributed by atoms with Gasteiger partial charge in [-0.05, 0) is 31.8 Å². The molecule has 3 amide bonds. The number of hydrogen-bond donors (Lipinski definition) is 2. The summed E-state index contributed by atoms with van der Waals surface area (Å²) < 4.78 is 0. The van der Waals surface area contributed by atoms with E-state index in [1.54, 1.807) is 9.80 Å². The van der Waals surface area contributed by atoms with Crippen LogP contribution in [0.3, 0.4) is 0 Å². The number of primary amides is 1. The fourth-order valence-corrected chi connectivity index (χ4v) is 4.06. The first-order valence-corrected chi connectivity index (χ1v) is 8.21. The van der Waals surface area contributed by atoms with Gasteiger partial charge in [0.1, 0.15) is 6.04 Å². The molecule has 132 valence electrons. The van der Waals surface area contributed by atoms with E-state index in [1.165, 1.54) is 5.57 Å². The van der Waals surface area contributed by atoms with Crippen LogP contribution in [0.4, 0.5) is 4.79 Å². The highest BCUT2D eigenvalue weighted by atomic mass is 35.5. The number of nitrogens with two attached hydrogens (primary N) is 1. The normalized spacial score (nSPS) is 31.2. The molecule has 2 saturated heterocycles. The van der Waals surface area contributed by atoms with E-state index in [1.807, 2.05) is 6.92 Å². The summed E-state index contributed by atoms with van der Waals surface area (Å²) in [7, 11) is 0. The quantitative estimate of drug-likeness (QED) is 0.725. The number of urea groups is 1. The van der Waals surface area contributed by atoms with Crippen molar-refractivity contribution in [1.29, 1.82) is 5.26 Å². The third kappa shape index (κ3) is 3.35. The van der Waals surface area contributed by atoms with Gasteiger partial charge in [-0.3, -0.25) is 4.79 Å². The minimum atomic E-state index is -0.371. The first kappa shape index (κ1) is 18.6. The highest BCUT2D eigenvalue weighted by Gasteiger charge is 2.40. The average molecular weight is 354 g/mol. The average Bonchev–Trinajstić information content (AvgIpc) is 3.20. The van der Waals surface area contributed by atoms with E-state index in [9.17, 15) is 9.59 Å². The molecular weight excluding hydrogens is 330 g/mol. The van der Waals surface area contributed by atoms with Gasteiger partial charge in [0.25, 0.3) is 0 Å². The zero-order chi connectivity index (χ0) is 16.6. The number of nitrogens with one attached hydrogen (secondary N) is 1. The van der Waals surface area contributed by atoms with Crippen molar-refractivity contribution in [2.75, 3.05) is 19.6 Å². The van der Waals surface area contributed by atoms with Crippen LogP contribution < -0.4 is 11.1 Å². The Morgan fingerprint density at radius 1 is 1.46 bits per heavy atom. The molecule has 0 saturated carbocycles. The SMILES string of the molecule is CC1C2=CC(NCC(=O)N3CCCC3C#N)CC2CN1C(N)=O.Cl. The molecule has 3 N–H and O–H groups in total. The molecule has 2 fully saturated rings. The highest BCUT2D eigenvalue weighted by molar-refractivity contribution is 5.85. The Morgan fingerprint density at radius 2 is 2.21 bits per heavy atom.